The number of hydrogen-bond acceptors (Lipinski definition) is 4. The number of likely N-dealkylation sites (tertiary alicyclic amines) is 1. The molecule has 2 heterocycles. The van der Waals surface area contributed by atoms with Gasteiger partial charge in [-0.2, -0.15) is 0 Å². The molecule has 2 aromatic carbocycles. The van der Waals surface area contributed by atoms with Crippen molar-refractivity contribution in [2.75, 3.05) is 31.6 Å². The summed E-state index contributed by atoms with van der Waals surface area (Å²) in [4.78, 5) is 17.2. The van der Waals surface area contributed by atoms with Crippen molar-refractivity contribution in [2.24, 2.45) is 0 Å². The smallest absolute Gasteiger partial charge is 0.255 e. The van der Waals surface area contributed by atoms with Crippen molar-refractivity contribution in [3.63, 3.8) is 0 Å². The van der Waals surface area contributed by atoms with Crippen LogP contribution in [0, 0.1) is 5.82 Å². The van der Waals surface area contributed by atoms with Gasteiger partial charge in [0.1, 0.15) is 5.82 Å². The summed E-state index contributed by atoms with van der Waals surface area (Å²) in [6, 6.07) is 8.57. The van der Waals surface area contributed by atoms with Gasteiger partial charge in [-0.15, -0.1) is 0 Å². The molecule has 2 aliphatic rings. The van der Waals surface area contributed by atoms with E-state index in [9.17, 15) is 17.6 Å². The third-order valence-electron chi connectivity index (χ3n) is 6.37. The number of piperazine rings is 1. The second-order valence-corrected chi connectivity index (χ2v) is 11.4. The van der Waals surface area contributed by atoms with Crippen LogP contribution in [0.1, 0.15) is 36.5 Å². The van der Waals surface area contributed by atoms with Crippen LogP contribution in [0.4, 0.5) is 10.1 Å². The highest BCUT2D eigenvalue weighted by atomic mass is 35.5. The number of rotatable bonds is 6. The van der Waals surface area contributed by atoms with Crippen LogP contribution >= 0.6 is 23.2 Å². The zero-order valence-electron chi connectivity index (χ0n) is 18.5. The number of fused-ring (bicyclic) bond motifs is 2. The summed E-state index contributed by atoms with van der Waals surface area (Å²) in [5.74, 6) is -0.726. The summed E-state index contributed by atoms with van der Waals surface area (Å²) in [6.45, 7) is 3.26. The third kappa shape index (κ3) is 4.58. The predicted octanol–water partition coefficient (Wildman–Crippen LogP) is 4.66. The van der Waals surface area contributed by atoms with Crippen molar-refractivity contribution < 1.29 is 17.6 Å². The molecule has 2 aliphatic heterocycles. The van der Waals surface area contributed by atoms with Gasteiger partial charge in [-0.1, -0.05) is 30.1 Å². The fourth-order valence-corrected chi connectivity index (χ4v) is 6.51. The first-order chi connectivity index (χ1) is 15.6. The first kappa shape index (κ1) is 24.3. The van der Waals surface area contributed by atoms with Crippen molar-refractivity contribution in [3.05, 3.63) is 57.8 Å². The van der Waals surface area contributed by atoms with Crippen LogP contribution in [-0.2, 0) is 10.0 Å². The maximum Gasteiger partial charge on any atom is 0.255 e. The number of carbonyl (C=O) groups is 1. The Labute approximate surface area is 203 Å². The Morgan fingerprint density at radius 2 is 1.76 bits per heavy atom. The molecule has 0 N–H and O–H groups in total. The van der Waals surface area contributed by atoms with Crippen LogP contribution in [0.3, 0.4) is 0 Å². The van der Waals surface area contributed by atoms with Gasteiger partial charge in [0.2, 0.25) is 10.0 Å². The Morgan fingerprint density at radius 1 is 1.09 bits per heavy atom. The molecule has 33 heavy (non-hydrogen) atoms. The van der Waals surface area contributed by atoms with Crippen molar-refractivity contribution >= 4 is 44.8 Å². The maximum atomic E-state index is 13.4. The highest BCUT2D eigenvalue weighted by Crippen LogP contribution is 2.40. The summed E-state index contributed by atoms with van der Waals surface area (Å²) in [7, 11) is -2.05. The van der Waals surface area contributed by atoms with Crippen LogP contribution < -0.4 is 4.90 Å². The second-order valence-electron chi connectivity index (χ2n) is 8.57. The van der Waals surface area contributed by atoms with E-state index in [2.05, 4.69) is 4.90 Å². The van der Waals surface area contributed by atoms with Gasteiger partial charge in [-0.25, -0.2) is 17.1 Å². The molecular weight excluding hydrogens is 488 g/mol. The number of sulfonamides is 1. The lowest BCUT2D eigenvalue weighted by atomic mass is 10.1. The summed E-state index contributed by atoms with van der Waals surface area (Å²) < 4.78 is 40.7. The van der Waals surface area contributed by atoms with Crippen LogP contribution in [0.5, 0.6) is 0 Å². The Morgan fingerprint density at radius 3 is 2.36 bits per heavy atom. The van der Waals surface area contributed by atoms with E-state index >= 15 is 0 Å². The first-order valence-electron chi connectivity index (χ1n) is 10.9. The van der Waals surface area contributed by atoms with Crippen molar-refractivity contribution in [1.29, 1.82) is 0 Å². The second kappa shape index (κ2) is 9.41. The molecule has 6 nitrogen and oxygen atoms in total. The van der Waals surface area contributed by atoms with Crippen LogP contribution in [0.15, 0.2) is 41.3 Å². The summed E-state index contributed by atoms with van der Waals surface area (Å²) in [5, 5.41) is 0.567. The summed E-state index contributed by atoms with van der Waals surface area (Å²) >= 11 is 12.6. The van der Waals surface area contributed by atoms with E-state index in [4.69, 9.17) is 23.2 Å². The molecule has 0 aromatic heterocycles. The minimum Gasteiger partial charge on any atom is -0.361 e. The van der Waals surface area contributed by atoms with Crippen molar-refractivity contribution in [3.8, 4) is 0 Å². The zero-order chi connectivity index (χ0) is 23.9. The van der Waals surface area contributed by atoms with E-state index in [1.807, 2.05) is 6.92 Å². The van der Waals surface area contributed by atoms with Gasteiger partial charge in [0.25, 0.3) is 5.91 Å². The van der Waals surface area contributed by atoms with E-state index in [0.29, 0.717) is 36.8 Å². The molecule has 2 atom stereocenters. The van der Waals surface area contributed by atoms with Gasteiger partial charge in [0, 0.05) is 38.8 Å². The Kier molecular flexibility index (Phi) is 6.92. The van der Waals surface area contributed by atoms with E-state index < -0.39 is 15.8 Å². The van der Waals surface area contributed by atoms with Gasteiger partial charge in [-0.3, -0.25) is 4.79 Å². The molecule has 2 aromatic rings. The topological polar surface area (TPSA) is 60.9 Å². The normalized spacial score (nSPS) is 20.5. The molecule has 4 rings (SSSR count). The number of nitrogens with zero attached hydrogens (tertiary/aromatic N) is 3. The van der Waals surface area contributed by atoms with E-state index in [1.54, 1.807) is 24.1 Å². The molecule has 1 amide bonds. The zero-order valence-corrected chi connectivity index (χ0v) is 20.8. The van der Waals surface area contributed by atoms with Gasteiger partial charge < -0.3 is 9.80 Å². The number of halogens is 3. The van der Waals surface area contributed by atoms with E-state index in [1.165, 1.54) is 22.5 Å². The molecule has 2 saturated heterocycles. The minimum atomic E-state index is -3.62. The summed E-state index contributed by atoms with van der Waals surface area (Å²) in [6.07, 6.45) is 2.43. The van der Waals surface area contributed by atoms with Gasteiger partial charge in [-0.05, 0) is 55.7 Å². The van der Waals surface area contributed by atoms with Gasteiger partial charge in [0.05, 0.1) is 26.2 Å². The number of hydrogen-bond donors (Lipinski definition) is 0. The van der Waals surface area contributed by atoms with Crippen LogP contribution in [0.25, 0.3) is 0 Å². The lowest BCUT2D eigenvalue weighted by molar-refractivity contribution is 0.0718. The van der Waals surface area contributed by atoms with Gasteiger partial charge in [0.15, 0.2) is 0 Å². The monoisotopic (exact) mass is 513 g/mol. The van der Waals surface area contributed by atoms with Crippen molar-refractivity contribution in [1.82, 2.24) is 9.21 Å². The highest BCUT2D eigenvalue weighted by molar-refractivity contribution is 7.89. The number of carbonyl (C=O) groups excluding carboxylic acids is 1. The Hall–Kier alpha value is -1.87. The van der Waals surface area contributed by atoms with Gasteiger partial charge >= 0.3 is 0 Å². The number of amides is 1. The quantitative estimate of drug-likeness (QED) is 0.563. The molecule has 2 bridgehead atoms. The largest absolute Gasteiger partial charge is 0.361 e. The van der Waals surface area contributed by atoms with E-state index in [-0.39, 0.29) is 33.5 Å². The molecule has 0 spiro atoms. The maximum absolute atomic E-state index is 13.4. The standard InChI is InChI=1S/C23H26Cl2FN3O3S/c1-3-10-27(2)33(31,32)18-7-9-20(24)22(12-18)29-16-5-6-17(29)14-28(13-16)23(30)19-8-4-15(26)11-21(19)25/h4,7-9,11-12,16-17H,3,5-6,10,13-14H2,1-2H3. The average Bonchev–Trinajstić information content (AvgIpc) is 3.02. The van der Waals surface area contributed by atoms with Crippen molar-refractivity contribution in [2.45, 2.75) is 43.2 Å². The molecule has 178 valence electrons. The van der Waals surface area contributed by atoms with Crippen LogP contribution in [0.2, 0.25) is 10.0 Å². The summed E-state index contributed by atoms with van der Waals surface area (Å²) in [5.41, 5.74) is 0.943. The molecule has 10 heteroatoms. The SMILES string of the molecule is CCCN(C)S(=O)(=O)c1ccc(Cl)c(N2C3CCC2CN(C(=O)c2ccc(F)cc2Cl)C3)c1. The molecule has 0 saturated carbocycles. The van der Waals surface area contributed by atoms with E-state index in [0.717, 1.165) is 18.9 Å². The minimum absolute atomic E-state index is 0.00394. The fraction of sp³-hybridized carbons (Fsp3) is 0.435. The number of benzene rings is 2. The molecule has 2 unspecified atom stereocenters. The molecule has 2 fully saturated rings. The first-order valence-corrected chi connectivity index (χ1v) is 13.1. The Balaban J connectivity index is 1.60. The lowest BCUT2D eigenvalue weighted by Gasteiger charge is -2.43. The number of anilines is 1. The predicted molar refractivity (Wildman–Crippen MR) is 128 cm³/mol. The molecule has 0 radical (unpaired) electrons. The third-order valence-corrected chi connectivity index (χ3v) is 8.86. The fourth-order valence-electron chi connectivity index (χ4n) is 4.76. The lowest BCUT2D eigenvalue weighted by Crippen LogP contribution is -2.55. The Bertz CT molecular complexity index is 1160. The van der Waals surface area contributed by atoms with Crippen LogP contribution in [-0.4, -0.2) is 62.3 Å². The average molecular weight is 514 g/mol. The highest BCUT2D eigenvalue weighted by Gasteiger charge is 2.42. The molecule has 0 aliphatic carbocycles. The molecular formula is C23H26Cl2FN3O3S.